The Morgan fingerprint density at radius 2 is 1.62 bits per heavy atom. The molecular formula is C19H17N3O4. The summed E-state index contributed by atoms with van der Waals surface area (Å²) in [6.45, 7) is 1.77. The lowest BCUT2D eigenvalue weighted by molar-refractivity contribution is -0.131. The molecule has 0 bridgehead atoms. The van der Waals surface area contributed by atoms with E-state index in [1.54, 1.807) is 36.9 Å². The highest BCUT2D eigenvalue weighted by molar-refractivity contribution is 6.41. The van der Waals surface area contributed by atoms with Crippen molar-refractivity contribution in [1.29, 1.82) is 0 Å². The number of aliphatic carboxylic acids is 1. The van der Waals surface area contributed by atoms with Gasteiger partial charge in [0.1, 0.15) is 5.69 Å². The number of carboxylic acids is 1. The summed E-state index contributed by atoms with van der Waals surface area (Å²) in [5, 5.41) is 11.9. The van der Waals surface area contributed by atoms with Crippen molar-refractivity contribution >= 4 is 23.1 Å². The number of carbonyl (C=O) groups is 2. The number of ketones is 1. The normalized spacial score (nSPS) is 10.5. The number of nitrogens with one attached hydrogen (secondary N) is 1. The van der Waals surface area contributed by atoms with Crippen LogP contribution in [0.25, 0.3) is 5.69 Å². The SMILES string of the molecule is Cc1c(Nc2ccccc2C(=O)C(=O)O)c(=O)n(-c2ccccc2)n1C. The maximum absolute atomic E-state index is 12.9. The van der Waals surface area contributed by atoms with E-state index in [1.807, 2.05) is 30.3 Å². The topological polar surface area (TPSA) is 93.3 Å². The second-order valence-corrected chi connectivity index (χ2v) is 5.74. The number of benzene rings is 2. The first-order chi connectivity index (χ1) is 12.4. The van der Waals surface area contributed by atoms with Gasteiger partial charge in [-0.2, -0.15) is 0 Å². The minimum absolute atomic E-state index is 0.00564. The lowest BCUT2D eigenvalue weighted by Gasteiger charge is -2.09. The van der Waals surface area contributed by atoms with Crippen molar-refractivity contribution in [2.75, 3.05) is 5.32 Å². The maximum Gasteiger partial charge on any atom is 0.377 e. The third kappa shape index (κ3) is 2.90. The van der Waals surface area contributed by atoms with Crippen LogP contribution in [0.4, 0.5) is 11.4 Å². The minimum Gasteiger partial charge on any atom is -0.475 e. The Morgan fingerprint density at radius 1 is 1.00 bits per heavy atom. The van der Waals surface area contributed by atoms with E-state index in [9.17, 15) is 14.4 Å². The molecule has 7 nitrogen and oxygen atoms in total. The molecule has 1 heterocycles. The zero-order chi connectivity index (χ0) is 18.8. The second kappa shape index (κ2) is 6.72. The highest BCUT2D eigenvalue weighted by Gasteiger charge is 2.21. The van der Waals surface area contributed by atoms with E-state index in [-0.39, 0.29) is 22.5 Å². The van der Waals surface area contributed by atoms with Gasteiger partial charge in [-0.15, -0.1) is 0 Å². The summed E-state index contributed by atoms with van der Waals surface area (Å²) in [6, 6.07) is 15.4. The van der Waals surface area contributed by atoms with Gasteiger partial charge in [-0.1, -0.05) is 30.3 Å². The molecule has 0 saturated carbocycles. The molecule has 3 aromatic rings. The van der Waals surface area contributed by atoms with Gasteiger partial charge in [0.2, 0.25) is 0 Å². The first-order valence-corrected chi connectivity index (χ1v) is 7.89. The van der Waals surface area contributed by atoms with Crippen LogP contribution in [0.15, 0.2) is 59.4 Å². The van der Waals surface area contributed by atoms with Crippen LogP contribution in [0.5, 0.6) is 0 Å². The zero-order valence-electron chi connectivity index (χ0n) is 14.3. The summed E-state index contributed by atoms with van der Waals surface area (Å²) in [4.78, 5) is 35.8. The van der Waals surface area contributed by atoms with Crippen LogP contribution in [-0.2, 0) is 11.8 Å². The lowest BCUT2D eigenvalue weighted by Crippen LogP contribution is -2.21. The fourth-order valence-electron chi connectivity index (χ4n) is 2.75. The van der Waals surface area contributed by atoms with Gasteiger partial charge >= 0.3 is 5.97 Å². The Bertz CT molecular complexity index is 1050. The number of aromatic nitrogens is 2. The molecule has 2 N–H and O–H groups in total. The van der Waals surface area contributed by atoms with E-state index in [2.05, 4.69) is 5.32 Å². The molecule has 1 aromatic heterocycles. The van der Waals surface area contributed by atoms with Gasteiger partial charge < -0.3 is 10.4 Å². The average Bonchev–Trinajstić information content (AvgIpc) is 2.85. The largest absolute Gasteiger partial charge is 0.475 e. The predicted molar refractivity (Wildman–Crippen MR) is 97.4 cm³/mol. The summed E-state index contributed by atoms with van der Waals surface area (Å²) in [7, 11) is 1.75. The van der Waals surface area contributed by atoms with Crippen LogP contribution < -0.4 is 10.9 Å². The Labute approximate surface area is 149 Å². The fraction of sp³-hybridized carbons (Fsp3) is 0.105. The molecule has 0 saturated heterocycles. The standard InChI is InChI=1S/C19H17N3O4/c1-12-16(18(24)22(21(12)2)13-8-4-3-5-9-13)20-15-11-7-6-10-14(15)17(23)19(25)26/h3-11,20H,1-2H3,(H,25,26). The van der Waals surface area contributed by atoms with Gasteiger partial charge in [0, 0.05) is 7.05 Å². The highest BCUT2D eigenvalue weighted by atomic mass is 16.4. The minimum atomic E-state index is -1.55. The van der Waals surface area contributed by atoms with Crippen LogP contribution >= 0.6 is 0 Å². The molecule has 0 aliphatic heterocycles. The number of carbonyl (C=O) groups excluding carboxylic acids is 1. The van der Waals surface area contributed by atoms with Crippen molar-refractivity contribution in [2.45, 2.75) is 6.92 Å². The molecule has 0 unspecified atom stereocenters. The summed E-state index contributed by atoms with van der Waals surface area (Å²) in [5.74, 6) is -2.59. The third-order valence-electron chi connectivity index (χ3n) is 4.18. The number of anilines is 2. The summed E-state index contributed by atoms with van der Waals surface area (Å²) in [5.41, 5.74) is 1.60. The van der Waals surface area contributed by atoms with Crippen molar-refractivity contribution < 1.29 is 14.7 Å². The van der Waals surface area contributed by atoms with Crippen LogP contribution in [-0.4, -0.2) is 26.2 Å². The molecule has 0 aliphatic rings. The maximum atomic E-state index is 12.9. The summed E-state index contributed by atoms with van der Waals surface area (Å²) in [6.07, 6.45) is 0. The van der Waals surface area contributed by atoms with E-state index in [0.717, 1.165) is 0 Å². The number of para-hydroxylation sites is 2. The highest BCUT2D eigenvalue weighted by Crippen LogP contribution is 2.23. The average molecular weight is 351 g/mol. The van der Waals surface area contributed by atoms with E-state index < -0.39 is 11.8 Å². The van der Waals surface area contributed by atoms with Gasteiger partial charge in [0.25, 0.3) is 11.3 Å². The van der Waals surface area contributed by atoms with Crippen molar-refractivity contribution in [1.82, 2.24) is 9.36 Å². The third-order valence-corrected chi connectivity index (χ3v) is 4.18. The Hall–Kier alpha value is -3.61. The Morgan fingerprint density at radius 3 is 2.27 bits per heavy atom. The molecule has 26 heavy (non-hydrogen) atoms. The number of rotatable bonds is 5. The van der Waals surface area contributed by atoms with Crippen LogP contribution in [0.1, 0.15) is 16.1 Å². The Kier molecular flexibility index (Phi) is 4.45. The second-order valence-electron chi connectivity index (χ2n) is 5.74. The molecule has 0 radical (unpaired) electrons. The van der Waals surface area contributed by atoms with Crippen molar-refractivity contribution in [3.8, 4) is 5.69 Å². The molecule has 0 aliphatic carbocycles. The van der Waals surface area contributed by atoms with Gasteiger partial charge in [0.05, 0.1) is 22.6 Å². The molecule has 132 valence electrons. The van der Waals surface area contributed by atoms with Gasteiger partial charge in [-0.05, 0) is 31.2 Å². The molecule has 0 spiro atoms. The molecule has 0 amide bonds. The molecule has 2 aromatic carbocycles. The van der Waals surface area contributed by atoms with Crippen LogP contribution in [0.2, 0.25) is 0 Å². The Balaban J connectivity index is 2.10. The van der Waals surface area contributed by atoms with Crippen molar-refractivity contribution in [3.05, 3.63) is 76.2 Å². The summed E-state index contributed by atoms with van der Waals surface area (Å²) >= 11 is 0. The van der Waals surface area contributed by atoms with Gasteiger partial charge in [-0.25, -0.2) is 9.48 Å². The first kappa shape index (κ1) is 17.2. The van der Waals surface area contributed by atoms with Crippen molar-refractivity contribution in [2.24, 2.45) is 7.05 Å². The lowest BCUT2D eigenvalue weighted by atomic mass is 10.1. The quantitative estimate of drug-likeness (QED) is 0.544. The zero-order valence-corrected chi connectivity index (χ0v) is 14.3. The number of carboxylic acid groups (broad SMARTS) is 1. The van der Waals surface area contributed by atoms with E-state index in [0.29, 0.717) is 11.4 Å². The van der Waals surface area contributed by atoms with Crippen LogP contribution in [0.3, 0.4) is 0 Å². The first-order valence-electron chi connectivity index (χ1n) is 7.89. The molecule has 3 rings (SSSR count). The number of nitrogens with zero attached hydrogens (tertiary/aromatic N) is 2. The number of Topliss-reactive ketones (excluding diaryl/α,β-unsaturated/α-hetero) is 1. The van der Waals surface area contributed by atoms with Crippen LogP contribution in [0, 0.1) is 6.92 Å². The predicted octanol–water partition coefficient (Wildman–Crippen LogP) is 2.50. The monoisotopic (exact) mass is 351 g/mol. The fourth-order valence-corrected chi connectivity index (χ4v) is 2.75. The van der Waals surface area contributed by atoms with E-state index >= 15 is 0 Å². The number of hydrogen-bond acceptors (Lipinski definition) is 4. The van der Waals surface area contributed by atoms with Crippen molar-refractivity contribution in [3.63, 3.8) is 0 Å². The number of hydrogen-bond donors (Lipinski definition) is 2. The van der Waals surface area contributed by atoms with E-state index in [4.69, 9.17) is 5.11 Å². The molecule has 0 atom stereocenters. The molecular weight excluding hydrogens is 334 g/mol. The molecule has 7 heteroatoms. The van der Waals surface area contributed by atoms with E-state index in [1.165, 1.54) is 10.7 Å². The molecule has 0 fully saturated rings. The smallest absolute Gasteiger partial charge is 0.377 e. The summed E-state index contributed by atoms with van der Waals surface area (Å²) < 4.78 is 3.20. The van der Waals surface area contributed by atoms with Gasteiger partial charge in [-0.3, -0.25) is 14.3 Å². The van der Waals surface area contributed by atoms with Gasteiger partial charge in [0.15, 0.2) is 0 Å².